The highest BCUT2D eigenvalue weighted by atomic mass is 19.1. The number of halogens is 1. The van der Waals surface area contributed by atoms with Gasteiger partial charge < -0.3 is 9.84 Å². The first kappa shape index (κ1) is 13.9. The molecule has 116 valence electrons. The Labute approximate surface area is 129 Å². The summed E-state index contributed by atoms with van der Waals surface area (Å²) in [5.74, 6) is 1.85. The predicted octanol–water partition coefficient (Wildman–Crippen LogP) is 3.30. The van der Waals surface area contributed by atoms with Gasteiger partial charge in [0.15, 0.2) is 5.82 Å². The summed E-state index contributed by atoms with van der Waals surface area (Å²) in [6.07, 6.45) is 6.04. The molecule has 2 fully saturated rings. The maximum atomic E-state index is 13.0. The van der Waals surface area contributed by atoms with E-state index >= 15 is 0 Å². The molecule has 22 heavy (non-hydrogen) atoms. The molecule has 2 heterocycles. The number of hydrogen-bond donors (Lipinski definition) is 1. The Morgan fingerprint density at radius 1 is 1.27 bits per heavy atom. The van der Waals surface area contributed by atoms with Crippen LogP contribution in [0.2, 0.25) is 0 Å². The minimum absolute atomic E-state index is 0.00119. The molecule has 4 rings (SSSR count). The predicted molar refractivity (Wildman–Crippen MR) is 80.8 cm³/mol. The van der Waals surface area contributed by atoms with Crippen molar-refractivity contribution in [2.24, 2.45) is 5.92 Å². The molecule has 1 N–H and O–H groups in total. The molecular formula is C17H20FN3O. The smallest absolute Gasteiger partial charge is 0.257 e. The molecule has 1 aromatic carbocycles. The topological polar surface area (TPSA) is 51.0 Å². The van der Waals surface area contributed by atoms with Gasteiger partial charge in [-0.25, -0.2) is 4.39 Å². The fourth-order valence-electron chi connectivity index (χ4n) is 3.45. The molecule has 1 aliphatic heterocycles. The van der Waals surface area contributed by atoms with Gasteiger partial charge in [-0.15, -0.1) is 0 Å². The van der Waals surface area contributed by atoms with Crippen LogP contribution in [0, 0.1) is 11.7 Å². The van der Waals surface area contributed by atoms with Crippen LogP contribution in [0.4, 0.5) is 4.39 Å². The SMILES string of the molecule is Fc1ccc(-c2nc([C@@]3(CC4CC4)CCCNC3)no2)cc1. The Morgan fingerprint density at radius 2 is 2.09 bits per heavy atom. The van der Waals surface area contributed by atoms with Gasteiger partial charge in [-0.2, -0.15) is 4.98 Å². The second-order valence-electron chi connectivity index (χ2n) is 6.64. The summed E-state index contributed by atoms with van der Waals surface area (Å²) in [4.78, 5) is 4.65. The normalized spacial score (nSPS) is 25.3. The second kappa shape index (κ2) is 5.47. The summed E-state index contributed by atoms with van der Waals surface area (Å²) in [5.41, 5.74) is 0.770. The van der Waals surface area contributed by atoms with Gasteiger partial charge in [0, 0.05) is 17.5 Å². The molecule has 2 aliphatic rings. The Hall–Kier alpha value is -1.75. The van der Waals surface area contributed by atoms with Crippen molar-refractivity contribution < 1.29 is 8.91 Å². The lowest BCUT2D eigenvalue weighted by Crippen LogP contribution is -2.44. The van der Waals surface area contributed by atoms with Crippen LogP contribution in [0.1, 0.15) is 37.9 Å². The first-order valence-electron chi connectivity index (χ1n) is 8.06. The standard InChI is InChI=1S/C17H20FN3O/c18-14-6-4-13(5-7-14)15-20-16(21-22-15)17(10-12-2-3-12)8-1-9-19-11-17/h4-7,12,19H,1-3,8-11H2/t17-/m1/s1. The van der Waals surface area contributed by atoms with E-state index in [1.54, 1.807) is 12.1 Å². The Balaban J connectivity index is 1.64. The van der Waals surface area contributed by atoms with E-state index in [9.17, 15) is 4.39 Å². The van der Waals surface area contributed by atoms with Crippen molar-refractivity contribution in [3.63, 3.8) is 0 Å². The molecule has 1 atom stereocenters. The molecular weight excluding hydrogens is 281 g/mol. The molecule has 0 bridgehead atoms. The van der Waals surface area contributed by atoms with Crippen LogP contribution >= 0.6 is 0 Å². The van der Waals surface area contributed by atoms with Gasteiger partial charge in [0.1, 0.15) is 5.82 Å². The summed E-state index contributed by atoms with van der Waals surface area (Å²) in [5, 5.41) is 7.76. The third kappa shape index (κ3) is 2.65. The Bertz CT molecular complexity index is 642. The largest absolute Gasteiger partial charge is 0.334 e. The number of hydrogen-bond acceptors (Lipinski definition) is 4. The first-order valence-corrected chi connectivity index (χ1v) is 8.06. The summed E-state index contributed by atoms with van der Waals surface area (Å²) in [7, 11) is 0. The molecule has 0 unspecified atom stereocenters. The van der Waals surface area contributed by atoms with E-state index in [1.807, 2.05) is 0 Å². The molecule has 4 nitrogen and oxygen atoms in total. The van der Waals surface area contributed by atoms with E-state index < -0.39 is 0 Å². The van der Waals surface area contributed by atoms with Crippen LogP contribution in [-0.4, -0.2) is 23.2 Å². The van der Waals surface area contributed by atoms with Crippen LogP contribution in [0.5, 0.6) is 0 Å². The molecule has 0 radical (unpaired) electrons. The molecule has 0 spiro atoms. The zero-order chi connectivity index (χ0) is 15.0. The molecule has 0 amide bonds. The van der Waals surface area contributed by atoms with E-state index in [1.165, 1.54) is 25.0 Å². The maximum Gasteiger partial charge on any atom is 0.257 e. The van der Waals surface area contributed by atoms with Gasteiger partial charge in [-0.1, -0.05) is 18.0 Å². The van der Waals surface area contributed by atoms with Gasteiger partial charge in [-0.05, 0) is 56.0 Å². The second-order valence-corrected chi connectivity index (χ2v) is 6.64. The lowest BCUT2D eigenvalue weighted by molar-refractivity contribution is 0.256. The molecule has 1 saturated heterocycles. The molecule has 1 aromatic heterocycles. The molecule has 5 heteroatoms. The van der Waals surface area contributed by atoms with Crippen LogP contribution in [0.25, 0.3) is 11.5 Å². The lowest BCUT2D eigenvalue weighted by atomic mass is 9.75. The number of piperidine rings is 1. The number of benzene rings is 1. The summed E-state index contributed by atoms with van der Waals surface area (Å²) in [6, 6.07) is 6.20. The highest BCUT2D eigenvalue weighted by Crippen LogP contribution is 2.44. The van der Waals surface area contributed by atoms with Crippen LogP contribution in [0.3, 0.4) is 0 Å². The first-order chi connectivity index (χ1) is 10.8. The lowest BCUT2D eigenvalue weighted by Gasteiger charge is -2.35. The zero-order valence-corrected chi connectivity index (χ0v) is 12.5. The van der Waals surface area contributed by atoms with Crippen molar-refractivity contribution >= 4 is 0 Å². The average Bonchev–Trinajstić information content (AvgIpc) is 3.20. The number of aromatic nitrogens is 2. The highest BCUT2D eigenvalue weighted by molar-refractivity contribution is 5.52. The van der Waals surface area contributed by atoms with E-state index in [0.29, 0.717) is 5.89 Å². The van der Waals surface area contributed by atoms with Gasteiger partial charge in [-0.3, -0.25) is 0 Å². The minimum Gasteiger partial charge on any atom is -0.334 e. The maximum absolute atomic E-state index is 13.0. The van der Waals surface area contributed by atoms with Gasteiger partial charge in [0.2, 0.25) is 0 Å². The highest BCUT2D eigenvalue weighted by Gasteiger charge is 2.42. The van der Waals surface area contributed by atoms with Crippen LogP contribution in [-0.2, 0) is 5.41 Å². The fourth-order valence-corrected chi connectivity index (χ4v) is 3.45. The van der Waals surface area contributed by atoms with E-state index in [0.717, 1.165) is 49.7 Å². The van der Waals surface area contributed by atoms with Gasteiger partial charge in [0.05, 0.1) is 0 Å². The fraction of sp³-hybridized carbons (Fsp3) is 0.529. The summed E-state index contributed by atoms with van der Waals surface area (Å²) < 4.78 is 18.5. The van der Waals surface area contributed by atoms with Crippen molar-refractivity contribution in [1.82, 2.24) is 15.5 Å². The van der Waals surface area contributed by atoms with E-state index in [2.05, 4.69) is 15.5 Å². The van der Waals surface area contributed by atoms with Gasteiger partial charge >= 0.3 is 0 Å². The van der Waals surface area contributed by atoms with Gasteiger partial charge in [0.25, 0.3) is 5.89 Å². The number of nitrogens with one attached hydrogen (secondary N) is 1. The van der Waals surface area contributed by atoms with E-state index in [4.69, 9.17) is 4.52 Å². The van der Waals surface area contributed by atoms with E-state index in [-0.39, 0.29) is 11.2 Å². The van der Waals surface area contributed by atoms with Crippen molar-refractivity contribution in [2.75, 3.05) is 13.1 Å². The van der Waals surface area contributed by atoms with Crippen LogP contribution in [0.15, 0.2) is 28.8 Å². The molecule has 1 saturated carbocycles. The zero-order valence-electron chi connectivity index (χ0n) is 12.5. The third-order valence-corrected chi connectivity index (χ3v) is 4.84. The Kier molecular flexibility index (Phi) is 3.45. The van der Waals surface area contributed by atoms with Crippen molar-refractivity contribution in [1.29, 1.82) is 0 Å². The average molecular weight is 301 g/mol. The molecule has 2 aromatic rings. The van der Waals surface area contributed by atoms with Crippen molar-refractivity contribution in [2.45, 2.75) is 37.5 Å². The monoisotopic (exact) mass is 301 g/mol. The number of rotatable bonds is 4. The van der Waals surface area contributed by atoms with Crippen molar-refractivity contribution in [3.8, 4) is 11.5 Å². The molecule has 1 aliphatic carbocycles. The number of nitrogens with zero attached hydrogens (tertiary/aromatic N) is 2. The summed E-state index contributed by atoms with van der Waals surface area (Å²) >= 11 is 0. The summed E-state index contributed by atoms with van der Waals surface area (Å²) in [6.45, 7) is 1.99. The third-order valence-electron chi connectivity index (χ3n) is 4.84. The quantitative estimate of drug-likeness (QED) is 0.941. The van der Waals surface area contributed by atoms with Crippen molar-refractivity contribution in [3.05, 3.63) is 35.9 Å². The minimum atomic E-state index is -0.259. The Morgan fingerprint density at radius 3 is 2.77 bits per heavy atom. The van der Waals surface area contributed by atoms with Crippen LogP contribution < -0.4 is 5.32 Å².